The van der Waals surface area contributed by atoms with Crippen molar-refractivity contribution in [2.45, 2.75) is 26.1 Å². The third-order valence-corrected chi connectivity index (χ3v) is 4.28. The molecule has 1 amide bonds. The SMILES string of the molecule is Cc1ccc(-n2ncc(C(=O)NC(C)c3ccc(F)cc3)c2C(F)(F)F)cc1. The van der Waals surface area contributed by atoms with Crippen molar-refractivity contribution in [3.63, 3.8) is 0 Å². The van der Waals surface area contributed by atoms with E-state index in [4.69, 9.17) is 0 Å². The first kappa shape index (κ1) is 19.6. The lowest BCUT2D eigenvalue weighted by atomic mass is 10.1. The zero-order valence-corrected chi connectivity index (χ0v) is 15.1. The molecule has 1 aromatic heterocycles. The Morgan fingerprint density at radius 2 is 1.68 bits per heavy atom. The number of aromatic nitrogens is 2. The molecule has 0 aliphatic heterocycles. The number of halogens is 4. The van der Waals surface area contributed by atoms with Gasteiger partial charge in [0.1, 0.15) is 5.82 Å². The Balaban J connectivity index is 1.93. The molecule has 28 heavy (non-hydrogen) atoms. The maximum absolute atomic E-state index is 13.7. The number of aryl methyl sites for hydroxylation is 1. The van der Waals surface area contributed by atoms with Crippen LogP contribution in [0.3, 0.4) is 0 Å². The number of carbonyl (C=O) groups is 1. The molecule has 0 fully saturated rings. The molecule has 0 aliphatic carbocycles. The van der Waals surface area contributed by atoms with Gasteiger partial charge in [-0.2, -0.15) is 18.3 Å². The van der Waals surface area contributed by atoms with E-state index in [9.17, 15) is 22.4 Å². The van der Waals surface area contributed by atoms with Crippen LogP contribution in [0.5, 0.6) is 0 Å². The van der Waals surface area contributed by atoms with Crippen molar-refractivity contribution in [1.29, 1.82) is 0 Å². The van der Waals surface area contributed by atoms with E-state index < -0.39 is 35.2 Å². The fourth-order valence-corrected chi connectivity index (χ4v) is 2.78. The number of rotatable bonds is 4. The van der Waals surface area contributed by atoms with Crippen molar-refractivity contribution in [3.05, 3.63) is 82.9 Å². The summed E-state index contributed by atoms with van der Waals surface area (Å²) in [7, 11) is 0. The summed E-state index contributed by atoms with van der Waals surface area (Å²) in [6, 6.07) is 11.1. The number of carbonyl (C=O) groups excluding carboxylic acids is 1. The smallest absolute Gasteiger partial charge is 0.345 e. The van der Waals surface area contributed by atoms with Crippen LogP contribution in [0.15, 0.2) is 54.7 Å². The van der Waals surface area contributed by atoms with Crippen molar-refractivity contribution in [2.24, 2.45) is 0 Å². The van der Waals surface area contributed by atoms with Crippen LogP contribution in [0.2, 0.25) is 0 Å². The van der Waals surface area contributed by atoms with Crippen molar-refractivity contribution in [3.8, 4) is 5.69 Å². The lowest BCUT2D eigenvalue weighted by Gasteiger charge is -2.16. The fraction of sp³-hybridized carbons (Fsp3) is 0.200. The fourth-order valence-electron chi connectivity index (χ4n) is 2.78. The van der Waals surface area contributed by atoms with Crippen LogP contribution >= 0.6 is 0 Å². The quantitative estimate of drug-likeness (QED) is 0.648. The van der Waals surface area contributed by atoms with E-state index in [2.05, 4.69) is 10.4 Å². The molecule has 1 heterocycles. The minimum Gasteiger partial charge on any atom is -0.345 e. The van der Waals surface area contributed by atoms with Gasteiger partial charge >= 0.3 is 6.18 Å². The average Bonchev–Trinajstić information content (AvgIpc) is 3.08. The third kappa shape index (κ3) is 4.05. The molecule has 0 bridgehead atoms. The highest BCUT2D eigenvalue weighted by Gasteiger charge is 2.40. The van der Waals surface area contributed by atoms with Crippen LogP contribution in [0, 0.1) is 12.7 Å². The summed E-state index contributed by atoms with van der Waals surface area (Å²) in [6.07, 6.45) is -3.89. The predicted octanol–water partition coefficient (Wildman–Crippen LogP) is 4.83. The standard InChI is InChI=1S/C20H17F4N3O/c1-12-3-9-16(10-4-12)27-18(20(22,23)24)17(11-25-27)19(28)26-13(2)14-5-7-15(21)8-6-14/h3-11,13H,1-2H3,(H,26,28). The van der Waals surface area contributed by atoms with E-state index >= 15 is 0 Å². The number of hydrogen-bond donors (Lipinski definition) is 1. The lowest BCUT2D eigenvalue weighted by molar-refractivity contribution is -0.143. The van der Waals surface area contributed by atoms with Crippen LogP contribution < -0.4 is 5.32 Å². The molecule has 8 heteroatoms. The van der Waals surface area contributed by atoms with Gasteiger partial charge in [0.25, 0.3) is 5.91 Å². The van der Waals surface area contributed by atoms with Crippen LogP contribution in [0.1, 0.15) is 40.1 Å². The van der Waals surface area contributed by atoms with Gasteiger partial charge in [-0.3, -0.25) is 4.79 Å². The summed E-state index contributed by atoms with van der Waals surface area (Å²) >= 11 is 0. The first-order chi connectivity index (χ1) is 13.2. The Morgan fingerprint density at radius 1 is 1.07 bits per heavy atom. The highest BCUT2D eigenvalue weighted by atomic mass is 19.4. The number of nitrogens with zero attached hydrogens (tertiary/aromatic N) is 2. The third-order valence-electron chi connectivity index (χ3n) is 4.28. The van der Waals surface area contributed by atoms with Gasteiger partial charge in [-0.1, -0.05) is 29.8 Å². The molecule has 0 saturated carbocycles. The molecule has 0 aliphatic rings. The average molecular weight is 391 g/mol. The monoisotopic (exact) mass is 391 g/mol. The van der Waals surface area contributed by atoms with Crippen LogP contribution in [-0.2, 0) is 6.18 Å². The number of hydrogen-bond acceptors (Lipinski definition) is 2. The highest BCUT2D eigenvalue weighted by Crippen LogP contribution is 2.34. The Bertz CT molecular complexity index is 976. The second kappa shape index (κ2) is 7.46. The van der Waals surface area contributed by atoms with Gasteiger partial charge in [0.05, 0.1) is 23.5 Å². The number of benzene rings is 2. The van der Waals surface area contributed by atoms with Crippen molar-refractivity contribution in [1.82, 2.24) is 15.1 Å². The minimum absolute atomic E-state index is 0.198. The van der Waals surface area contributed by atoms with Gasteiger partial charge in [-0.15, -0.1) is 0 Å². The molecule has 0 saturated heterocycles. The highest BCUT2D eigenvalue weighted by molar-refractivity contribution is 5.95. The predicted molar refractivity (Wildman–Crippen MR) is 95.6 cm³/mol. The Labute approximate surface area is 158 Å². The van der Waals surface area contributed by atoms with E-state index in [1.54, 1.807) is 19.1 Å². The van der Waals surface area contributed by atoms with Crippen molar-refractivity contribution < 1.29 is 22.4 Å². The molecular weight excluding hydrogens is 374 g/mol. The van der Waals surface area contributed by atoms with E-state index in [0.29, 0.717) is 10.2 Å². The van der Waals surface area contributed by atoms with Crippen molar-refractivity contribution in [2.75, 3.05) is 0 Å². The summed E-state index contributed by atoms with van der Waals surface area (Å²) in [4.78, 5) is 12.5. The summed E-state index contributed by atoms with van der Waals surface area (Å²) in [5, 5.41) is 6.29. The Kier molecular flexibility index (Phi) is 5.22. The number of alkyl halides is 3. The molecule has 2 aromatic carbocycles. The molecule has 3 rings (SSSR count). The second-order valence-corrected chi connectivity index (χ2v) is 6.40. The van der Waals surface area contributed by atoms with Gasteiger partial charge in [0.2, 0.25) is 0 Å². The van der Waals surface area contributed by atoms with Crippen LogP contribution in [-0.4, -0.2) is 15.7 Å². The van der Waals surface area contributed by atoms with Gasteiger partial charge in [0, 0.05) is 0 Å². The van der Waals surface area contributed by atoms with E-state index in [-0.39, 0.29) is 5.69 Å². The maximum Gasteiger partial charge on any atom is 0.434 e. The summed E-state index contributed by atoms with van der Waals surface area (Å²) < 4.78 is 54.8. The lowest BCUT2D eigenvalue weighted by Crippen LogP contribution is -2.29. The van der Waals surface area contributed by atoms with E-state index in [1.807, 2.05) is 6.92 Å². The molecule has 0 radical (unpaired) electrons. The van der Waals surface area contributed by atoms with Gasteiger partial charge in [0.15, 0.2) is 5.69 Å². The molecule has 4 nitrogen and oxygen atoms in total. The summed E-state index contributed by atoms with van der Waals surface area (Å²) in [6.45, 7) is 3.41. The summed E-state index contributed by atoms with van der Waals surface area (Å²) in [5.41, 5.74) is -0.0875. The molecule has 3 aromatic rings. The maximum atomic E-state index is 13.7. The topological polar surface area (TPSA) is 46.9 Å². The number of amides is 1. The van der Waals surface area contributed by atoms with Crippen molar-refractivity contribution >= 4 is 5.91 Å². The summed E-state index contributed by atoms with van der Waals surface area (Å²) in [5.74, 6) is -1.36. The molecule has 1 atom stereocenters. The van der Waals surface area contributed by atoms with E-state index in [0.717, 1.165) is 11.8 Å². The van der Waals surface area contributed by atoms with E-state index in [1.165, 1.54) is 36.4 Å². The normalized spacial score (nSPS) is 12.6. The van der Waals surface area contributed by atoms with Gasteiger partial charge in [-0.25, -0.2) is 9.07 Å². The number of nitrogens with one attached hydrogen (secondary N) is 1. The van der Waals surface area contributed by atoms with Gasteiger partial charge < -0.3 is 5.32 Å². The Hall–Kier alpha value is -3.16. The Morgan fingerprint density at radius 3 is 2.25 bits per heavy atom. The minimum atomic E-state index is -4.78. The zero-order chi connectivity index (χ0) is 20.5. The molecule has 1 unspecified atom stereocenters. The molecular formula is C20H17F4N3O. The molecule has 1 N–H and O–H groups in total. The largest absolute Gasteiger partial charge is 0.434 e. The first-order valence-corrected chi connectivity index (χ1v) is 8.45. The molecule has 146 valence electrons. The second-order valence-electron chi connectivity index (χ2n) is 6.40. The van der Waals surface area contributed by atoms with Gasteiger partial charge in [-0.05, 0) is 43.7 Å². The zero-order valence-electron chi connectivity index (χ0n) is 15.1. The first-order valence-electron chi connectivity index (χ1n) is 8.45. The molecule has 0 spiro atoms. The van der Waals surface area contributed by atoms with Crippen LogP contribution in [0.25, 0.3) is 5.69 Å². The van der Waals surface area contributed by atoms with Crippen LogP contribution in [0.4, 0.5) is 17.6 Å².